The van der Waals surface area contributed by atoms with Crippen molar-refractivity contribution in [3.05, 3.63) is 104 Å². The Morgan fingerprint density at radius 1 is 1.03 bits per heavy atom. The summed E-state index contributed by atoms with van der Waals surface area (Å²) in [4.78, 5) is 34.8. The molecule has 0 bridgehead atoms. The van der Waals surface area contributed by atoms with E-state index in [9.17, 15) is 22.8 Å². The van der Waals surface area contributed by atoms with Crippen molar-refractivity contribution < 1.29 is 13.2 Å². The molecule has 0 amide bonds. The van der Waals surface area contributed by atoms with E-state index in [-0.39, 0.29) is 23.1 Å². The molecule has 0 unspecified atom stereocenters. The lowest BCUT2D eigenvalue weighted by Gasteiger charge is -2.17. The monoisotopic (exact) mass is 541 g/mol. The predicted octanol–water partition coefficient (Wildman–Crippen LogP) is 3.93. The number of halogens is 4. The first-order valence-electron chi connectivity index (χ1n) is 11.2. The standard InChI is InChI=1S/C25H19ClF3N7O2/c1-13-3-17(10-30-9-13)36-24(37)32-23(31-20-7-16-12-34(2)33-21(16)6-15(20)8-26)35(25(36)38)11-14-4-18(27)22(29)19(28)5-14/h3-7,9-10,12H,8,11H2,1-2H3,(H,31,32,37). The van der Waals surface area contributed by atoms with Crippen LogP contribution in [-0.4, -0.2) is 28.9 Å². The Morgan fingerprint density at radius 3 is 2.45 bits per heavy atom. The minimum atomic E-state index is -1.63. The van der Waals surface area contributed by atoms with Gasteiger partial charge in [-0.25, -0.2) is 27.3 Å². The van der Waals surface area contributed by atoms with E-state index in [1.807, 2.05) is 0 Å². The summed E-state index contributed by atoms with van der Waals surface area (Å²) < 4.78 is 44.9. The second-order valence-corrected chi connectivity index (χ2v) is 8.91. The number of fused-ring (bicyclic) bond motifs is 1. The van der Waals surface area contributed by atoms with Crippen LogP contribution in [0.4, 0.5) is 24.8 Å². The number of nitrogens with one attached hydrogen (secondary N) is 1. The molecule has 0 spiro atoms. The first kappa shape index (κ1) is 25.2. The van der Waals surface area contributed by atoms with Crippen LogP contribution in [0.5, 0.6) is 0 Å². The maximum absolute atomic E-state index is 14.0. The van der Waals surface area contributed by atoms with Gasteiger partial charge in [0.2, 0.25) is 5.95 Å². The summed E-state index contributed by atoms with van der Waals surface area (Å²) in [5.74, 6) is -4.61. The molecule has 3 heterocycles. The largest absolute Gasteiger partial charge is 0.359 e. The molecular formula is C25H19ClF3N7O2. The van der Waals surface area contributed by atoms with Crippen molar-refractivity contribution in [2.45, 2.75) is 19.3 Å². The van der Waals surface area contributed by atoms with E-state index in [1.54, 1.807) is 49.2 Å². The quantitative estimate of drug-likeness (QED) is 0.258. The van der Waals surface area contributed by atoms with E-state index in [4.69, 9.17) is 11.6 Å². The summed E-state index contributed by atoms with van der Waals surface area (Å²) in [6.45, 7) is 1.29. The number of hydrogen-bond donors (Lipinski definition) is 1. The summed E-state index contributed by atoms with van der Waals surface area (Å²) in [6, 6.07) is 6.57. The lowest BCUT2D eigenvalue weighted by atomic mass is 10.1. The molecule has 0 atom stereocenters. The van der Waals surface area contributed by atoms with Gasteiger partial charge in [0.25, 0.3) is 0 Å². The third-order valence-corrected chi connectivity index (χ3v) is 6.10. The summed E-state index contributed by atoms with van der Waals surface area (Å²) in [6.07, 6.45) is 4.63. The SMILES string of the molecule is Cc1cncc(-n2c(=O)nc(Nc3cc4cn(C)nc4cc3CCl)n(Cc3cc(F)c(F)c(F)c3)c2=O)c1. The molecule has 0 aliphatic carbocycles. The molecule has 5 aromatic rings. The Balaban J connectivity index is 1.70. The highest BCUT2D eigenvalue weighted by Gasteiger charge is 2.19. The fourth-order valence-corrected chi connectivity index (χ4v) is 4.30. The number of aromatic nitrogens is 6. The van der Waals surface area contributed by atoms with Crippen LogP contribution in [0.25, 0.3) is 16.6 Å². The van der Waals surface area contributed by atoms with Gasteiger partial charge in [0, 0.05) is 36.4 Å². The van der Waals surface area contributed by atoms with Gasteiger partial charge in [0.05, 0.1) is 23.9 Å². The van der Waals surface area contributed by atoms with E-state index in [0.717, 1.165) is 26.7 Å². The van der Waals surface area contributed by atoms with Crippen LogP contribution in [-0.2, 0) is 19.5 Å². The maximum atomic E-state index is 14.0. The van der Waals surface area contributed by atoms with Gasteiger partial charge in [0.1, 0.15) is 0 Å². The van der Waals surface area contributed by atoms with Crippen molar-refractivity contribution in [3.8, 4) is 5.69 Å². The Labute approximate surface area is 217 Å². The first-order valence-corrected chi connectivity index (χ1v) is 11.8. The summed E-state index contributed by atoms with van der Waals surface area (Å²) >= 11 is 6.15. The van der Waals surface area contributed by atoms with Gasteiger partial charge < -0.3 is 5.32 Å². The normalized spacial score (nSPS) is 11.3. The third kappa shape index (κ3) is 4.65. The molecule has 5 rings (SSSR count). The van der Waals surface area contributed by atoms with Crippen molar-refractivity contribution in [2.24, 2.45) is 7.05 Å². The molecule has 3 aromatic heterocycles. The topological polar surface area (TPSA) is 99.6 Å². The fourth-order valence-electron chi connectivity index (χ4n) is 4.08. The molecular weight excluding hydrogens is 523 g/mol. The van der Waals surface area contributed by atoms with Crippen LogP contribution >= 0.6 is 11.6 Å². The Morgan fingerprint density at radius 2 is 1.76 bits per heavy atom. The zero-order chi connectivity index (χ0) is 27.1. The van der Waals surface area contributed by atoms with E-state index in [1.165, 1.54) is 6.20 Å². The van der Waals surface area contributed by atoms with Crippen LogP contribution in [0.3, 0.4) is 0 Å². The molecule has 0 saturated carbocycles. The van der Waals surface area contributed by atoms with Crippen molar-refractivity contribution >= 4 is 34.1 Å². The maximum Gasteiger partial charge on any atom is 0.359 e. The lowest BCUT2D eigenvalue weighted by Crippen LogP contribution is -2.41. The summed E-state index contributed by atoms with van der Waals surface area (Å²) in [5, 5.41) is 8.06. The second kappa shape index (κ2) is 9.78. The van der Waals surface area contributed by atoms with Crippen molar-refractivity contribution in [1.29, 1.82) is 0 Å². The molecule has 0 radical (unpaired) electrons. The average Bonchev–Trinajstić information content (AvgIpc) is 3.23. The molecule has 13 heteroatoms. The number of pyridine rings is 1. The van der Waals surface area contributed by atoms with Crippen molar-refractivity contribution in [2.75, 3.05) is 5.32 Å². The summed E-state index contributed by atoms with van der Waals surface area (Å²) in [7, 11) is 1.76. The van der Waals surface area contributed by atoms with E-state index >= 15 is 0 Å². The molecule has 0 saturated heterocycles. The van der Waals surface area contributed by atoms with Crippen LogP contribution in [0, 0.1) is 24.4 Å². The van der Waals surface area contributed by atoms with Gasteiger partial charge in [-0.3, -0.25) is 14.2 Å². The van der Waals surface area contributed by atoms with Gasteiger partial charge >= 0.3 is 11.4 Å². The number of anilines is 2. The number of aryl methyl sites for hydroxylation is 2. The molecule has 194 valence electrons. The molecule has 0 aliphatic rings. The molecule has 38 heavy (non-hydrogen) atoms. The van der Waals surface area contributed by atoms with Gasteiger partial charge in [-0.1, -0.05) is 0 Å². The lowest BCUT2D eigenvalue weighted by molar-refractivity contribution is 0.444. The van der Waals surface area contributed by atoms with Gasteiger partial charge in [-0.15, -0.1) is 11.6 Å². The van der Waals surface area contributed by atoms with Crippen LogP contribution in [0.1, 0.15) is 16.7 Å². The van der Waals surface area contributed by atoms with E-state index < -0.39 is 35.4 Å². The van der Waals surface area contributed by atoms with E-state index in [2.05, 4.69) is 20.4 Å². The zero-order valence-electron chi connectivity index (χ0n) is 20.0. The second-order valence-electron chi connectivity index (χ2n) is 8.65. The number of benzene rings is 2. The number of nitrogens with zero attached hydrogens (tertiary/aromatic N) is 6. The smallest absolute Gasteiger partial charge is 0.325 e. The minimum absolute atomic E-state index is 0.0683. The average molecular weight is 542 g/mol. The molecule has 2 aromatic carbocycles. The Hall–Kier alpha value is -4.45. The number of alkyl halides is 1. The molecule has 9 nitrogen and oxygen atoms in total. The van der Waals surface area contributed by atoms with Crippen LogP contribution < -0.4 is 16.7 Å². The highest BCUT2D eigenvalue weighted by atomic mass is 35.5. The Bertz CT molecular complexity index is 1810. The highest BCUT2D eigenvalue weighted by Crippen LogP contribution is 2.27. The molecule has 0 aliphatic heterocycles. The fraction of sp³-hybridized carbons (Fsp3) is 0.160. The van der Waals surface area contributed by atoms with Crippen molar-refractivity contribution in [1.82, 2.24) is 28.9 Å². The van der Waals surface area contributed by atoms with Crippen LogP contribution in [0.15, 0.2) is 58.5 Å². The summed E-state index contributed by atoms with van der Waals surface area (Å²) in [5.41, 5.74) is 0.716. The zero-order valence-corrected chi connectivity index (χ0v) is 20.8. The molecule has 0 fully saturated rings. The van der Waals surface area contributed by atoms with Gasteiger partial charge in [0.15, 0.2) is 17.5 Å². The van der Waals surface area contributed by atoms with Gasteiger partial charge in [-0.2, -0.15) is 10.1 Å². The first-order chi connectivity index (χ1) is 18.1. The van der Waals surface area contributed by atoms with Crippen LogP contribution in [0.2, 0.25) is 0 Å². The van der Waals surface area contributed by atoms with E-state index in [0.29, 0.717) is 22.3 Å². The number of hydrogen-bond acceptors (Lipinski definition) is 6. The Kier molecular flexibility index (Phi) is 6.49. The highest BCUT2D eigenvalue weighted by molar-refractivity contribution is 6.17. The van der Waals surface area contributed by atoms with Gasteiger partial charge in [-0.05, 0) is 53.9 Å². The third-order valence-electron chi connectivity index (χ3n) is 5.81. The predicted molar refractivity (Wildman–Crippen MR) is 136 cm³/mol. The molecule has 1 N–H and O–H groups in total. The number of rotatable bonds is 6. The minimum Gasteiger partial charge on any atom is -0.325 e. The van der Waals surface area contributed by atoms with Crippen molar-refractivity contribution in [3.63, 3.8) is 0 Å².